The summed E-state index contributed by atoms with van der Waals surface area (Å²) in [6.45, 7) is 3.86. The molecule has 1 aliphatic carbocycles. The number of hydrogen-bond acceptors (Lipinski definition) is 10. The van der Waals surface area contributed by atoms with Gasteiger partial charge in [0.05, 0.1) is 41.8 Å². The molecule has 42 heavy (non-hydrogen) atoms. The fraction of sp³-hybridized carbons (Fsp3) is 0.586. The number of piperazine rings is 1. The van der Waals surface area contributed by atoms with Gasteiger partial charge in [-0.2, -0.15) is 13.2 Å². The lowest BCUT2D eigenvalue weighted by atomic mass is 9.91. The van der Waals surface area contributed by atoms with Gasteiger partial charge in [-0.25, -0.2) is 0 Å². The van der Waals surface area contributed by atoms with Crippen molar-refractivity contribution in [3.63, 3.8) is 0 Å². The molecule has 5 N–H and O–H groups in total. The molecule has 230 valence electrons. The van der Waals surface area contributed by atoms with Crippen LogP contribution in [0.5, 0.6) is 0 Å². The van der Waals surface area contributed by atoms with E-state index in [1.807, 2.05) is 24.3 Å². The number of hydrogen-bond donors (Lipinski definition) is 5. The first kappa shape index (κ1) is 30.1. The average molecular weight is 612 g/mol. The van der Waals surface area contributed by atoms with Gasteiger partial charge in [0, 0.05) is 55.5 Å². The number of aliphatic hydroxyl groups excluding tert-OH is 5. The fourth-order valence-corrected chi connectivity index (χ4v) is 7.38. The zero-order valence-corrected chi connectivity index (χ0v) is 23.7. The maximum atomic E-state index is 13.5. The van der Waals surface area contributed by atoms with Crippen LogP contribution in [0.25, 0.3) is 0 Å². The highest BCUT2D eigenvalue weighted by Gasteiger charge is 2.67. The van der Waals surface area contributed by atoms with Crippen LogP contribution in [-0.4, -0.2) is 123 Å². The van der Waals surface area contributed by atoms with E-state index in [4.69, 9.17) is 4.74 Å². The van der Waals surface area contributed by atoms with Crippen molar-refractivity contribution in [1.29, 1.82) is 0 Å². The topological polar surface area (TPSA) is 120 Å². The van der Waals surface area contributed by atoms with E-state index < -0.39 is 54.0 Å². The van der Waals surface area contributed by atoms with Crippen molar-refractivity contribution in [3.05, 3.63) is 48.0 Å². The minimum Gasteiger partial charge on any atom is -0.390 e. The SMILES string of the molecule is OC(CN1CCN(CCC2OC3(CC3O)[C@@H](O)[C@H](O)[C@H]2O)CC1)CN1c2ccccc2Sc2ccc(C(F)(F)F)cc21. The second-order valence-corrected chi connectivity index (χ2v) is 12.8. The molecule has 2 aromatic rings. The summed E-state index contributed by atoms with van der Waals surface area (Å²) in [4.78, 5) is 7.72. The summed E-state index contributed by atoms with van der Waals surface area (Å²) >= 11 is 1.42. The van der Waals surface area contributed by atoms with Crippen molar-refractivity contribution in [2.45, 2.75) is 71.0 Å². The molecule has 3 aliphatic heterocycles. The number of nitrogens with zero attached hydrogens (tertiary/aromatic N) is 3. The van der Waals surface area contributed by atoms with Crippen molar-refractivity contribution in [2.75, 3.05) is 50.7 Å². The first-order chi connectivity index (χ1) is 20.0. The molecule has 0 amide bonds. The molecule has 9 nitrogen and oxygen atoms in total. The highest BCUT2D eigenvalue weighted by atomic mass is 32.2. The minimum atomic E-state index is -4.47. The van der Waals surface area contributed by atoms with Gasteiger partial charge in [-0.1, -0.05) is 23.9 Å². The van der Waals surface area contributed by atoms with Gasteiger partial charge in [-0.05, 0) is 36.8 Å². The predicted molar refractivity (Wildman–Crippen MR) is 149 cm³/mol. The largest absolute Gasteiger partial charge is 0.416 e. The molecule has 1 spiro atoms. The number of benzene rings is 2. The van der Waals surface area contributed by atoms with E-state index in [1.165, 1.54) is 17.8 Å². The Hall–Kier alpha value is -1.94. The molecule has 3 fully saturated rings. The van der Waals surface area contributed by atoms with Crippen molar-refractivity contribution < 1.29 is 43.4 Å². The second kappa shape index (κ2) is 11.5. The van der Waals surface area contributed by atoms with Gasteiger partial charge in [0.15, 0.2) is 0 Å². The number of fused-ring (bicyclic) bond motifs is 2. The van der Waals surface area contributed by atoms with Gasteiger partial charge in [0.2, 0.25) is 0 Å². The highest BCUT2D eigenvalue weighted by molar-refractivity contribution is 7.99. The minimum absolute atomic E-state index is 0.144. The molecular formula is C29H36F3N3O6S. The van der Waals surface area contributed by atoms with E-state index in [0.29, 0.717) is 56.3 Å². The van der Waals surface area contributed by atoms with Gasteiger partial charge in [-0.15, -0.1) is 0 Å². The number of para-hydroxylation sites is 1. The van der Waals surface area contributed by atoms with E-state index in [1.54, 1.807) is 4.90 Å². The Morgan fingerprint density at radius 3 is 2.26 bits per heavy atom. The molecule has 0 bridgehead atoms. The lowest BCUT2D eigenvalue weighted by Crippen LogP contribution is -2.60. The molecule has 3 heterocycles. The lowest BCUT2D eigenvalue weighted by molar-refractivity contribution is -0.243. The van der Waals surface area contributed by atoms with Gasteiger partial charge in [-0.3, -0.25) is 4.90 Å². The summed E-state index contributed by atoms with van der Waals surface area (Å²) < 4.78 is 46.4. The Kier molecular flexibility index (Phi) is 8.26. The summed E-state index contributed by atoms with van der Waals surface area (Å²) in [7, 11) is 0. The molecule has 4 aliphatic rings. The van der Waals surface area contributed by atoms with E-state index in [-0.39, 0.29) is 13.0 Å². The Balaban J connectivity index is 1.04. The Labute approximate surface area is 246 Å². The maximum Gasteiger partial charge on any atom is 0.416 e. The zero-order chi connectivity index (χ0) is 29.8. The third kappa shape index (κ3) is 5.78. The molecule has 6 rings (SSSR count). The quantitative estimate of drug-likeness (QED) is 0.316. The molecule has 4 unspecified atom stereocenters. The summed E-state index contributed by atoms with van der Waals surface area (Å²) in [6, 6.07) is 11.2. The highest BCUT2D eigenvalue weighted by Crippen LogP contribution is 2.50. The molecule has 1 saturated carbocycles. The van der Waals surface area contributed by atoms with Gasteiger partial charge < -0.3 is 40.1 Å². The molecule has 13 heteroatoms. The molecule has 0 aromatic heterocycles. The zero-order valence-electron chi connectivity index (χ0n) is 22.9. The van der Waals surface area contributed by atoms with Crippen molar-refractivity contribution in [2.24, 2.45) is 0 Å². The summed E-state index contributed by atoms with van der Waals surface area (Å²) in [5, 5.41) is 51.9. The number of anilines is 2. The van der Waals surface area contributed by atoms with Crippen LogP contribution in [0.1, 0.15) is 18.4 Å². The standard InChI is InChI=1S/C29H36F3N3O6S/c30-29(31,32)17-5-6-23-20(13-17)35(19-3-1-2-4-22(19)42-23)16-18(36)15-34-11-9-33(10-12-34)8-7-21-25(38)26(39)27(40)28(41-21)14-24(28)37/h1-6,13,18,21,24-27,36-40H,7-12,14-16H2/t18?,21?,24?,25-,26+,27-,28?/m0/s1. The van der Waals surface area contributed by atoms with Crippen molar-refractivity contribution in [1.82, 2.24) is 9.80 Å². The lowest BCUT2D eigenvalue weighted by Gasteiger charge is -2.42. The molecule has 2 aromatic carbocycles. The number of rotatable bonds is 7. The van der Waals surface area contributed by atoms with Gasteiger partial charge >= 0.3 is 6.18 Å². The number of aliphatic hydroxyl groups is 5. The first-order valence-corrected chi connectivity index (χ1v) is 15.1. The number of ether oxygens (including phenoxy) is 1. The third-order valence-electron chi connectivity index (χ3n) is 8.85. The normalized spacial score (nSPS) is 32.5. The summed E-state index contributed by atoms with van der Waals surface area (Å²) in [5.41, 5.74) is -0.719. The Morgan fingerprint density at radius 2 is 1.57 bits per heavy atom. The van der Waals surface area contributed by atoms with Crippen molar-refractivity contribution >= 4 is 23.1 Å². The van der Waals surface area contributed by atoms with Crippen LogP contribution in [-0.2, 0) is 10.9 Å². The van der Waals surface area contributed by atoms with E-state index in [0.717, 1.165) is 22.7 Å². The monoisotopic (exact) mass is 611 g/mol. The number of halogens is 3. The number of β-amino-alcohol motifs (C(OH)–C–C–N with tert-alkyl or cyclic N) is 1. The maximum absolute atomic E-state index is 13.5. The first-order valence-electron chi connectivity index (χ1n) is 14.2. The van der Waals surface area contributed by atoms with E-state index in [9.17, 15) is 38.7 Å². The van der Waals surface area contributed by atoms with Crippen LogP contribution in [0.4, 0.5) is 24.5 Å². The van der Waals surface area contributed by atoms with E-state index in [2.05, 4.69) is 9.80 Å². The van der Waals surface area contributed by atoms with Crippen LogP contribution in [0.2, 0.25) is 0 Å². The fourth-order valence-electron chi connectivity index (χ4n) is 6.31. The van der Waals surface area contributed by atoms with Crippen LogP contribution in [0, 0.1) is 0 Å². The third-order valence-corrected chi connectivity index (χ3v) is 9.98. The number of alkyl halides is 3. The summed E-state index contributed by atoms with van der Waals surface area (Å²) in [5.74, 6) is 0. The molecule has 7 atom stereocenters. The van der Waals surface area contributed by atoms with E-state index >= 15 is 0 Å². The van der Waals surface area contributed by atoms with Crippen LogP contribution in [0.15, 0.2) is 52.3 Å². The van der Waals surface area contributed by atoms with Crippen LogP contribution in [0.3, 0.4) is 0 Å². The van der Waals surface area contributed by atoms with Crippen molar-refractivity contribution in [3.8, 4) is 0 Å². The van der Waals surface area contributed by atoms with Crippen LogP contribution >= 0.6 is 11.8 Å². The van der Waals surface area contributed by atoms with Crippen LogP contribution < -0.4 is 4.90 Å². The smallest absolute Gasteiger partial charge is 0.390 e. The van der Waals surface area contributed by atoms with Gasteiger partial charge in [0.25, 0.3) is 0 Å². The second-order valence-electron chi connectivity index (χ2n) is 11.7. The Morgan fingerprint density at radius 1 is 0.905 bits per heavy atom. The summed E-state index contributed by atoms with van der Waals surface area (Å²) in [6.07, 6.45) is -10.1. The predicted octanol–water partition coefficient (Wildman–Crippen LogP) is 1.66. The average Bonchev–Trinajstić information content (AvgIpc) is 3.62. The molecule has 0 radical (unpaired) electrons. The molecule has 2 saturated heterocycles. The Bertz CT molecular complexity index is 1280. The van der Waals surface area contributed by atoms with Gasteiger partial charge in [0.1, 0.15) is 23.9 Å². The molecular weight excluding hydrogens is 575 g/mol.